The Morgan fingerprint density at radius 3 is 2.55 bits per heavy atom. The van der Waals surface area contributed by atoms with Crippen molar-refractivity contribution in [3.8, 4) is 11.6 Å². The molecule has 3 heterocycles. The van der Waals surface area contributed by atoms with E-state index in [-0.39, 0.29) is 17.3 Å². The zero-order valence-electron chi connectivity index (χ0n) is 18.1. The van der Waals surface area contributed by atoms with Crippen LogP contribution in [0, 0.1) is 11.2 Å². The van der Waals surface area contributed by atoms with Crippen LogP contribution in [0.3, 0.4) is 0 Å². The fourth-order valence-corrected chi connectivity index (χ4v) is 5.20. The molecule has 1 fully saturated rings. The van der Waals surface area contributed by atoms with Crippen molar-refractivity contribution in [1.29, 1.82) is 0 Å². The number of hydrogen-bond acceptors (Lipinski definition) is 6. The van der Waals surface area contributed by atoms with Crippen molar-refractivity contribution in [3.05, 3.63) is 83.8 Å². The van der Waals surface area contributed by atoms with Gasteiger partial charge in [0.1, 0.15) is 22.9 Å². The lowest BCUT2D eigenvalue weighted by molar-refractivity contribution is 0.187. The maximum atomic E-state index is 13.1. The monoisotopic (exact) mass is 441 g/mol. The molecule has 6 nitrogen and oxygen atoms in total. The summed E-state index contributed by atoms with van der Waals surface area (Å²) < 4.78 is 18.8. The zero-order chi connectivity index (χ0) is 22.4. The minimum absolute atomic E-state index is 0.0993. The Morgan fingerprint density at radius 1 is 0.970 bits per heavy atom. The minimum Gasteiger partial charge on any atom is -0.439 e. The van der Waals surface area contributed by atoms with Crippen molar-refractivity contribution >= 4 is 17.0 Å². The first kappa shape index (κ1) is 20.1. The molecule has 1 spiro atoms. The Morgan fingerprint density at radius 2 is 1.76 bits per heavy atom. The second-order valence-corrected chi connectivity index (χ2v) is 8.98. The van der Waals surface area contributed by atoms with E-state index >= 15 is 0 Å². The maximum Gasteiger partial charge on any atom is 0.221 e. The number of pyridine rings is 1. The number of aromatic nitrogens is 3. The van der Waals surface area contributed by atoms with Crippen LogP contribution in [0.1, 0.15) is 30.0 Å². The van der Waals surface area contributed by atoms with Crippen molar-refractivity contribution in [2.45, 2.75) is 25.3 Å². The number of anilines is 1. The largest absolute Gasteiger partial charge is 0.439 e. The Hall–Kier alpha value is -3.58. The van der Waals surface area contributed by atoms with Crippen LogP contribution in [0.4, 0.5) is 10.2 Å². The molecule has 1 atom stereocenters. The molecule has 33 heavy (non-hydrogen) atoms. The van der Waals surface area contributed by atoms with E-state index in [0.717, 1.165) is 38.2 Å². The minimum atomic E-state index is -0.310. The first-order valence-electron chi connectivity index (χ1n) is 11.3. The lowest BCUT2D eigenvalue weighted by Crippen LogP contribution is -2.44. The topological polar surface area (TPSA) is 77.2 Å². The van der Waals surface area contributed by atoms with Crippen molar-refractivity contribution in [1.82, 2.24) is 15.0 Å². The van der Waals surface area contributed by atoms with Gasteiger partial charge in [-0.3, -0.25) is 0 Å². The summed E-state index contributed by atoms with van der Waals surface area (Å²) in [6, 6.07) is 18.1. The van der Waals surface area contributed by atoms with Gasteiger partial charge < -0.3 is 15.4 Å². The number of benzene rings is 2. The molecule has 2 N–H and O–H groups in total. The second-order valence-electron chi connectivity index (χ2n) is 8.98. The molecular formula is C26H24FN5O. The average molecular weight is 442 g/mol. The Labute approximate surface area is 191 Å². The van der Waals surface area contributed by atoms with Crippen LogP contribution in [-0.2, 0) is 6.42 Å². The highest BCUT2D eigenvalue weighted by Crippen LogP contribution is 2.50. The van der Waals surface area contributed by atoms with Gasteiger partial charge in [-0.1, -0.05) is 24.3 Å². The van der Waals surface area contributed by atoms with Crippen molar-refractivity contribution in [2.24, 2.45) is 11.1 Å². The van der Waals surface area contributed by atoms with Gasteiger partial charge in [0.2, 0.25) is 5.88 Å². The highest BCUT2D eigenvalue weighted by atomic mass is 19.1. The van der Waals surface area contributed by atoms with E-state index in [1.807, 2.05) is 6.07 Å². The van der Waals surface area contributed by atoms with Gasteiger partial charge in [-0.25, -0.2) is 14.4 Å². The quantitative estimate of drug-likeness (QED) is 0.492. The first-order valence-corrected chi connectivity index (χ1v) is 11.3. The zero-order valence-corrected chi connectivity index (χ0v) is 18.1. The van der Waals surface area contributed by atoms with E-state index < -0.39 is 0 Å². The molecule has 2 aliphatic rings. The van der Waals surface area contributed by atoms with Crippen LogP contribution in [-0.4, -0.2) is 28.0 Å². The molecule has 2 aromatic carbocycles. The molecule has 0 saturated carbocycles. The predicted octanol–water partition coefficient (Wildman–Crippen LogP) is 4.80. The van der Waals surface area contributed by atoms with Crippen LogP contribution in [0.2, 0.25) is 0 Å². The highest BCUT2D eigenvalue weighted by molar-refractivity contribution is 5.72. The van der Waals surface area contributed by atoms with E-state index in [1.165, 1.54) is 23.3 Å². The van der Waals surface area contributed by atoms with E-state index in [0.29, 0.717) is 22.8 Å². The summed E-state index contributed by atoms with van der Waals surface area (Å²) in [6.07, 6.45) is 4.90. The lowest BCUT2D eigenvalue weighted by atomic mass is 9.73. The smallest absolute Gasteiger partial charge is 0.221 e. The molecule has 0 bridgehead atoms. The number of piperidine rings is 1. The molecule has 0 amide bonds. The number of hydrogen-bond donors (Lipinski definition) is 1. The molecule has 7 heteroatoms. The van der Waals surface area contributed by atoms with Crippen LogP contribution in [0.5, 0.6) is 11.6 Å². The molecule has 6 rings (SSSR count). The van der Waals surface area contributed by atoms with Crippen LogP contribution in [0.15, 0.2) is 66.9 Å². The Kier molecular flexibility index (Phi) is 4.73. The maximum absolute atomic E-state index is 13.1. The standard InChI is InChI=1S/C26H24FN5O/c27-18-5-7-19(8-6-18)33-23-10-9-21-25(31-23)29-16-22(30-21)32-13-11-26(12-14-32)15-17-3-1-2-4-20(17)24(26)28/h1-10,16,24H,11-15,28H2/t24-/m1/s1. The predicted molar refractivity (Wildman–Crippen MR) is 125 cm³/mol. The Bertz CT molecular complexity index is 1320. The molecule has 1 aliphatic carbocycles. The second kappa shape index (κ2) is 7.78. The van der Waals surface area contributed by atoms with Gasteiger partial charge in [0.15, 0.2) is 5.65 Å². The van der Waals surface area contributed by atoms with Crippen molar-refractivity contribution < 1.29 is 9.13 Å². The van der Waals surface area contributed by atoms with Gasteiger partial charge >= 0.3 is 0 Å². The van der Waals surface area contributed by atoms with Gasteiger partial charge in [-0.15, -0.1) is 0 Å². The fourth-order valence-electron chi connectivity index (χ4n) is 5.20. The van der Waals surface area contributed by atoms with Crippen molar-refractivity contribution in [2.75, 3.05) is 18.0 Å². The summed E-state index contributed by atoms with van der Waals surface area (Å²) >= 11 is 0. The van der Waals surface area contributed by atoms with Gasteiger partial charge in [-0.05, 0) is 66.1 Å². The molecule has 0 unspecified atom stereocenters. The SMILES string of the molecule is N[C@@H]1c2ccccc2CC12CCN(c1cnc3nc(Oc4ccc(F)cc4)ccc3n1)CC2. The van der Waals surface area contributed by atoms with Gasteiger partial charge in [-0.2, -0.15) is 4.98 Å². The molecule has 166 valence electrons. The van der Waals surface area contributed by atoms with Crippen LogP contribution < -0.4 is 15.4 Å². The van der Waals surface area contributed by atoms with Gasteiger partial charge in [0, 0.05) is 25.2 Å². The van der Waals surface area contributed by atoms with E-state index in [9.17, 15) is 4.39 Å². The van der Waals surface area contributed by atoms with Crippen LogP contribution in [0.25, 0.3) is 11.2 Å². The molecule has 1 aliphatic heterocycles. The van der Waals surface area contributed by atoms with Gasteiger partial charge in [0.05, 0.1) is 6.20 Å². The lowest BCUT2D eigenvalue weighted by Gasteiger charge is -2.42. The third-order valence-corrected chi connectivity index (χ3v) is 7.08. The van der Waals surface area contributed by atoms with E-state index in [4.69, 9.17) is 15.5 Å². The summed E-state index contributed by atoms with van der Waals surface area (Å²) in [5.41, 5.74) is 10.8. The first-order chi connectivity index (χ1) is 16.1. The van der Waals surface area contributed by atoms with Crippen LogP contribution >= 0.6 is 0 Å². The number of fused-ring (bicyclic) bond motifs is 2. The summed E-state index contributed by atoms with van der Waals surface area (Å²) in [7, 11) is 0. The van der Waals surface area contributed by atoms with Gasteiger partial charge in [0.25, 0.3) is 0 Å². The summed E-state index contributed by atoms with van der Waals surface area (Å²) in [6.45, 7) is 1.81. The molecule has 0 radical (unpaired) electrons. The molecule has 1 saturated heterocycles. The van der Waals surface area contributed by atoms with E-state index in [1.54, 1.807) is 24.4 Å². The number of nitrogens with two attached hydrogens (primary N) is 1. The normalized spacial score (nSPS) is 19.1. The number of nitrogens with zero attached hydrogens (tertiary/aromatic N) is 4. The number of halogens is 1. The molecule has 4 aromatic rings. The van der Waals surface area contributed by atoms with E-state index in [2.05, 4.69) is 39.1 Å². The summed E-state index contributed by atoms with van der Waals surface area (Å²) in [4.78, 5) is 16.1. The number of ether oxygens (including phenoxy) is 1. The number of rotatable bonds is 3. The molecule has 2 aromatic heterocycles. The molecular weight excluding hydrogens is 417 g/mol. The third-order valence-electron chi connectivity index (χ3n) is 7.08. The fraction of sp³-hybridized carbons (Fsp3) is 0.269. The van der Waals surface area contributed by atoms with Crippen molar-refractivity contribution in [3.63, 3.8) is 0 Å². The highest BCUT2D eigenvalue weighted by Gasteiger charge is 2.45. The summed E-state index contributed by atoms with van der Waals surface area (Å²) in [5.74, 6) is 1.46. The summed E-state index contributed by atoms with van der Waals surface area (Å²) in [5, 5.41) is 0. The average Bonchev–Trinajstić information content (AvgIpc) is 3.12. The third kappa shape index (κ3) is 3.58. The Balaban J connectivity index is 1.17.